The van der Waals surface area contributed by atoms with Crippen LogP contribution in [0.2, 0.25) is 0 Å². The first-order chi connectivity index (χ1) is 37.2. The van der Waals surface area contributed by atoms with Crippen molar-refractivity contribution in [2.45, 2.75) is 251 Å². The fraction of sp³-hybridized carbons (Fsp3) is 0.672. The lowest BCUT2D eigenvalue weighted by Crippen LogP contribution is -2.30. The van der Waals surface area contributed by atoms with E-state index in [9.17, 15) is 28.9 Å². The third-order valence-electron chi connectivity index (χ3n) is 12.1. The van der Waals surface area contributed by atoms with Crippen LogP contribution in [0, 0.1) is 0 Å². The number of hydrogen-bond acceptors (Lipinski definition) is 10. The van der Waals surface area contributed by atoms with Crippen molar-refractivity contribution in [3.63, 3.8) is 0 Å². The number of aliphatic hydroxyl groups is 1. The lowest BCUT2D eigenvalue weighted by atomic mass is 10.1. The third kappa shape index (κ3) is 54.9. The van der Waals surface area contributed by atoms with Crippen LogP contribution in [0.15, 0.2) is 109 Å². The van der Waals surface area contributed by atoms with Gasteiger partial charge in [-0.1, -0.05) is 207 Å². The molecule has 0 saturated carbocycles. The molecule has 0 aliphatic carbocycles. The van der Waals surface area contributed by atoms with Gasteiger partial charge in [-0.05, 0) is 122 Å². The van der Waals surface area contributed by atoms with Crippen LogP contribution in [0.25, 0.3) is 0 Å². The number of rotatable bonds is 54. The van der Waals surface area contributed by atoms with E-state index in [4.69, 9.17) is 23.3 Å². The first-order valence-corrected chi connectivity index (χ1v) is 31.3. The molecule has 0 amide bonds. The van der Waals surface area contributed by atoms with Crippen molar-refractivity contribution in [2.24, 2.45) is 0 Å². The first-order valence-electron chi connectivity index (χ1n) is 29.8. The maximum absolute atomic E-state index is 12.9. The third-order valence-corrected chi connectivity index (χ3v) is 13.1. The zero-order valence-corrected chi connectivity index (χ0v) is 48.8. The van der Waals surface area contributed by atoms with E-state index < -0.39 is 57.8 Å². The van der Waals surface area contributed by atoms with Crippen molar-refractivity contribution in [1.29, 1.82) is 0 Å². The Labute approximate surface area is 463 Å². The highest BCUT2D eigenvalue weighted by Gasteiger charge is 2.28. The Balaban J connectivity index is 4.77. The van der Waals surface area contributed by atoms with Gasteiger partial charge in [0, 0.05) is 19.3 Å². The molecule has 0 bridgehead atoms. The molecule has 11 nitrogen and oxygen atoms in total. The number of carbonyl (C=O) groups excluding carboxylic acids is 3. The number of phosphoric acid groups is 1. The molecule has 3 unspecified atom stereocenters. The van der Waals surface area contributed by atoms with Crippen LogP contribution in [0.3, 0.4) is 0 Å². The second-order valence-electron chi connectivity index (χ2n) is 19.4. The summed E-state index contributed by atoms with van der Waals surface area (Å²) in [5.41, 5.74) is 0. The molecule has 76 heavy (non-hydrogen) atoms. The topological polar surface area (TPSA) is 155 Å². The first kappa shape index (κ1) is 72.1. The maximum atomic E-state index is 12.9. The molecule has 0 aromatic carbocycles. The number of ether oxygens (including phenoxy) is 3. The molecule has 0 rings (SSSR count). The van der Waals surface area contributed by atoms with E-state index >= 15 is 0 Å². The minimum absolute atomic E-state index is 0.142. The summed E-state index contributed by atoms with van der Waals surface area (Å²) in [7, 11) is -4.77. The van der Waals surface area contributed by atoms with Gasteiger partial charge in [0.15, 0.2) is 6.10 Å². The van der Waals surface area contributed by atoms with Gasteiger partial charge in [-0.25, -0.2) is 4.57 Å². The van der Waals surface area contributed by atoms with E-state index in [0.29, 0.717) is 19.3 Å². The molecule has 2 N–H and O–H groups in total. The van der Waals surface area contributed by atoms with Gasteiger partial charge in [-0.2, -0.15) is 0 Å². The van der Waals surface area contributed by atoms with E-state index in [-0.39, 0.29) is 25.9 Å². The van der Waals surface area contributed by atoms with Crippen molar-refractivity contribution < 1.29 is 52.2 Å². The minimum atomic E-state index is -4.77. The molecule has 0 radical (unpaired) electrons. The maximum Gasteiger partial charge on any atom is 0.472 e. The van der Waals surface area contributed by atoms with E-state index in [1.165, 1.54) is 25.7 Å². The van der Waals surface area contributed by atoms with Crippen LogP contribution in [-0.2, 0) is 42.2 Å². The SMILES string of the molecule is CC/C=C\C/C=C\C/C=C\C/C=C\CCCCCCC(=O)OC(CO)COP(=O)(O)OCC(COC(=O)CCCCCCC/C=C\C/C=C\CCC)OC(=O)CCCCCCCC/C=C\C/C=C\C/C=C\CCCCC. The van der Waals surface area contributed by atoms with Gasteiger partial charge in [0.2, 0.25) is 0 Å². The average molecular weight is 1080 g/mol. The summed E-state index contributed by atoms with van der Waals surface area (Å²) >= 11 is 0. The van der Waals surface area contributed by atoms with Crippen LogP contribution in [0.1, 0.15) is 239 Å². The summed E-state index contributed by atoms with van der Waals surface area (Å²) in [5.74, 6) is -1.53. The Hall–Kier alpha value is -3.86. The molecule has 0 aliphatic heterocycles. The van der Waals surface area contributed by atoms with Crippen molar-refractivity contribution in [3.8, 4) is 0 Å². The zero-order chi connectivity index (χ0) is 55.5. The lowest BCUT2D eigenvalue weighted by molar-refractivity contribution is -0.161. The Morgan fingerprint density at radius 1 is 0.382 bits per heavy atom. The summed E-state index contributed by atoms with van der Waals surface area (Å²) < 4.78 is 39.5. The van der Waals surface area contributed by atoms with Crippen molar-refractivity contribution in [3.05, 3.63) is 109 Å². The number of esters is 3. The molecule has 3 atom stereocenters. The summed E-state index contributed by atoms with van der Waals surface area (Å²) in [4.78, 5) is 48.6. The van der Waals surface area contributed by atoms with Crippen molar-refractivity contribution in [2.75, 3.05) is 26.4 Å². The number of unbranched alkanes of at least 4 members (excludes halogenated alkanes) is 19. The number of phosphoric ester groups is 1. The fourth-order valence-electron chi connectivity index (χ4n) is 7.63. The highest BCUT2D eigenvalue weighted by molar-refractivity contribution is 7.47. The highest BCUT2D eigenvalue weighted by atomic mass is 31.2. The normalized spacial score (nSPS) is 14.1. The molecule has 0 aliphatic rings. The second-order valence-corrected chi connectivity index (χ2v) is 20.9. The Kier molecular flexibility index (Phi) is 54.4. The molecule has 0 heterocycles. The van der Waals surface area contributed by atoms with Gasteiger partial charge in [0.25, 0.3) is 0 Å². The zero-order valence-electron chi connectivity index (χ0n) is 47.9. The highest BCUT2D eigenvalue weighted by Crippen LogP contribution is 2.43. The largest absolute Gasteiger partial charge is 0.472 e. The van der Waals surface area contributed by atoms with Gasteiger partial charge in [0.05, 0.1) is 19.8 Å². The van der Waals surface area contributed by atoms with Crippen molar-refractivity contribution in [1.82, 2.24) is 0 Å². The van der Waals surface area contributed by atoms with Crippen LogP contribution in [-0.4, -0.2) is 66.5 Å². The molecular weight excluding hydrogens is 976 g/mol. The van der Waals surface area contributed by atoms with E-state index in [1.807, 2.05) is 0 Å². The Morgan fingerprint density at radius 2 is 0.711 bits per heavy atom. The number of hydrogen-bond donors (Lipinski definition) is 2. The molecule has 0 aromatic heterocycles. The Morgan fingerprint density at radius 3 is 1.11 bits per heavy atom. The van der Waals surface area contributed by atoms with Crippen molar-refractivity contribution >= 4 is 25.7 Å². The monoisotopic (exact) mass is 1080 g/mol. The lowest BCUT2D eigenvalue weighted by Gasteiger charge is -2.21. The number of allylic oxidation sites excluding steroid dienone is 18. The fourth-order valence-corrected chi connectivity index (χ4v) is 8.41. The van der Waals surface area contributed by atoms with Gasteiger partial charge < -0.3 is 24.2 Å². The molecule has 0 spiro atoms. The summed E-state index contributed by atoms with van der Waals surface area (Å²) in [5, 5.41) is 9.83. The van der Waals surface area contributed by atoms with E-state index in [2.05, 4.69) is 130 Å². The predicted molar refractivity (Wildman–Crippen MR) is 316 cm³/mol. The van der Waals surface area contributed by atoms with Gasteiger partial charge in [-0.3, -0.25) is 23.4 Å². The number of aliphatic hydroxyl groups excluding tert-OH is 1. The van der Waals surface area contributed by atoms with E-state index in [1.54, 1.807) is 0 Å². The quantitative estimate of drug-likeness (QED) is 0.0197. The minimum Gasteiger partial charge on any atom is -0.462 e. The smallest absolute Gasteiger partial charge is 0.462 e. The molecule has 0 fully saturated rings. The number of carbonyl (C=O) groups is 3. The van der Waals surface area contributed by atoms with Gasteiger partial charge in [0.1, 0.15) is 12.7 Å². The Bertz CT molecular complexity index is 1690. The van der Waals surface area contributed by atoms with Gasteiger partial charge in [-0.15, -0.1) is 0 Å². The molecular formula is C64H107O11P. The van der Waals surface area contributed by atoms with Crippen LogP contribution < -0.4 is 0 Å². The standard InChI is InChI=1S/C64H107O11P/c1-4-7-10-13-16-19-22-25-27-29-30-32-34-37-40-43-46-49-52-55-64(68)75-61(57-71-62(66)53-50-47-44-41-38-35-24-21-18-15-12-9-6-3)59-73-76(69,70)72-58-60(56-65)74-63(67)54-51-48-45-42-39-36-33-31-28-26-23-20-17-14-11-8-5-2/h8,11-12,15-17,19-21,24-28,30,32-33,36,60-61,65H,4-7,9-10,13-14,18,22-23,29,31,34-35,37-59H2,1-3H3,(H,69,70)/b11-8-,15-12-,19-16-,20-17-,24-21-,27-25-,28-26-,32-30-,36-33-. The molecule has 0 aromatic rings. The van der Waals surface area contributed by atoms with E-state index in [0.717, 1.165) is 154 Å². The predicted octanol–water partition coefficient (Wildman–Crippen LogP) is 17.8. The van der Waals surface area contributed by atoms with Gasteiger partial charge >= 0.3 is 25.7 Å². The van der Waals surface area contributed by atoms with Crippen LogP contribution in [0.5, 0.6) is 0 Å². The summed E-state index contributed by atoms with van der Waals surface area (Å²) in [6.07, 6.45) is 68.9. The molecule has 12 heteroatoms. The molecule has 434 valence electrons. The van der Waals surface area contributed by atoms with Crippen LogP contribution >= 0.6 is 7.82 Å². The average Bonchev–Trinajstić information content (AvgIpc) is 3.41. The van der Waals surface area contributed by atoms with Crippen LogP contribution in [0.4, 0.5) is 0 Å². The second kappa shape index (κ2) is 57.3. The summed E-state index contributed by atoms with van der Waals surface area (Å²) in [6, 6.07) is 0. The molecule has 0 saturated heterocycles. The summed E-state index contributed by atoms with van der Waals surface area (Å²) in [6.45, 7) is 4.38.